The lowest BCUT2D eigenvalue weighted by Crippen LogP contribution is -2.14. The minimum atomic E-state index is -0.356. The Hall–Kier alpha value is -3.99. The standard InChI is InChI=1S/C22H17FN6O/c1-24-21-17-12-25-20(27-22(30)13-4-5-13)10-16(17)14(11-26-21)6-7-15-9-19-18(23)3-2-8-29(19)28-15/h2-3,8-13H,4-5H2,1H3,(H,24,26)(H,25,27,30). The number of amides is 1. The fourth-order valence-electron chi connectivity index (χ4n) is 3.25. The van der Waals surface area contributed by atoms with Gasteiger partial charge in [0.25, 0.3) is 0 Å². The molecule has 0 atom stereocenters. The van der Waals surface area contributed by atoms with Crippen molar-refractivity contribution >= 4 is 33.8 Å². The van der Waals surface area contributed by atoms with Gasteiger partial charge in [-0.3, -0.25) is 4.79 Å². The van der Waals surface area contributed by atoms with E-state index in [0.29, 0.717) is 28.4 Å². The Morgan fingerprint density at radius 1 is 1.20 bits per heavy atom. The molecule has 1 aliphatic rings. The van der Waals surface area contributed by atoms with Gasteiger partial charge in [0.05, 0.1) is 5.56 Å². The van der Waals surface area contributed by atoms with E-state index in [4.69, 9.17) is 0 Å². The molecule has 1 amide bonds. The van der Waals surface area contributed by atoms with Crippen molar-refractivity contribution in [1.82, 2.24) is 19.6 Å². The zero-order valence-corrected chi connectivity index (χ0v) is 16.1. The van der Waals surface area contributed by atoms with E-state index in [1.54, 1.807) is 43.8 Å². The summed E-state index contributed by atoms with van der Waals surface area (Å²) in [6.07, 6.45) is 6.84. The van der Waals surface area contributed by atoms with Crippen molar-refractivity contribution in [2.24, 2.45) is 5.92 Å². The van der Waals surface area contributed by atoms with Gasteiger partial charge in [-0.05, 0) is 37.0 Å². The van der Waals surface area contributed by atoms with Crippen LogP contribution in [0.5, 0.6) is 0 Å². The van der Waals surface area contributed by atoms with Crippen LogP contribution < -0.4 is 10.6 Å². The number of pyridine rings is 3. The molecule has 4 aromatic heterocycles. The molecular formula is C22H17FN6O. The molecule has 1 saturated carbocycles. The monoisotopic (exact) mass is 400 g/mol. The summed E-state index contributed by atoms with van der Waals surface area (Å²) in [5.74, 6) is 6.91. The molecule has 4 heterocycles. The second-order valence-corrected chi connectivity index (χ2v) is 7.11. The largest absolute Gasteiger partial charge is 0.373 e. The summed E-state index contributed by atoms with van der Waals surface area (Å²) in [5, 5.41) is 11.8. The molecule has 5 rings (SSSR count). The van der Waals surface area contributed by atoms with Gasteiger partial charge in [0.1, 0.15) is 28.7 Å². The van der Waals surface area contributed by atoms with Gasteiger partial charge >= 0.3 is 0 Å². The molecule has 0 bridgehead atoms. The number of anilines is 2. The number of hydrogen-bond acceptors (Lipinski definition) is 5. The van der Waals surface area contributed by atoms with Crippen LogP contribution in [0.2, 0.25) is 0 Å². The van der Waals surface area contributed by atoms with Crippen LogP contribution in [0.3, 0.4) is 0 Å². The molecule has 8 heteroatoms. The zero-order chi connectivity index (χ0) is 20.7. The Bertz CT molecular complexity index is 1360. The first kappa shape index (κ1) is 18.1. The fraction of sp³-hybridized carbons (Fsp3) is 0.182. The molecule has 4 aromatic rings. The van der Waals surface area contributed by atoms with Crippen LogP contribution in [0.4, 0.5) is 16.0 Å². The Labute approximate surface area is 171 Å². The van der Waals surface area contributed by atoms with Crippen molar-refractivity contribution in [3.63, 3.8) is 0 Å². The summed E-state index contributed by atoms with van der Waals surface area (Å²) < 4.78 is 15.4. The fourth-order valence-corrected chi connectivity index (χ4v) is 3.25. The highest BCUT2D eigenvalue weighted by Gasteiger charge is 2.29. The first-order valence-electron chi connectivity index (χ1n) is 9.55. The second kappa shape index (κ2) is 7.12. The van der Waals surface area contributed by atoms with Crippen molar-refractivity contribution in [1.29, 1.82) is 0 Å². The first-order valence-corrected chi connectivity index (χ1v) is 9.55. The average molecular weight is 400 g/mol. The maximum Gasteiger partial charge on any atom is 0.228 e. The SMILES string of the molecule is CNc1ncc(C#Cc2cc3c(F)cccn3n2)c2cc(NC(=O)C3CC3)ncc12. The van der Waals surface area contributed by atoms with Gasteiger partial charge in [0.15, 0.2) is 0 Å². The Balaban J connectivity index is 1.56. The molecular weight excluding hydrogens is 383 g/mol. The first-order chi connectivity index (χ1) is 14.6. The van der Waals surface area contributed by atoms with E-state index in [1.165, 1.54) is 10.6 Å². The van der Waals surface area contributed by atoms with Crippen molar-refractivity contribution in [3.8, 4) is 11.8 Å². The second-order valence-electron chi connectivity index (χ2n) is 7.11. The molecule has 148 valence electrons. The van der Waals surface area contributed by atoms with Crippen molar-refractivity contribution in [3.05, 3.63) is 59.9 Å². The van der Waals surface area contributed by atoms with E-state index >= 15 is 0 Å². The number of hydrogen-bond donors (Lipinski definition) is 2. The van der Waals surface area contributed by atoms with E-state index in [1.807, 2.05) is 0 Å². The number of nitrogens with one attached hydrogen (secondary N) is 2. The molecule has 0 saturated heterocycles. The van der Waals surface area contributed by atoms with Gasteiger partial charge in [-0.2, -0.15) is 5.10 Å². The van der Waals surface area contributed by atoms with Gasteiger partial charge in [-0.1, -0.05) is 5.92 Å². The zero-order valence-electron chi connectivity index (χ0n) is 16.1. The number of nitrogens with zero attached hydrogens (tertiary/aromatic N) is 4. The number of halogens is 1. The Morgan fingerprint density at radius 2 is 2.07 bits per heavy atom. The molecule has 1 fully saturated rings. The average Bonchev–Trinajstić information content (AvgIpc) is 3.52. The topological polar surface area (TPSA) is 84.2 Å². The van der Waals surface area contributed by atoms with Crippen molar-refractivity contribution in [2.45, 2.75) is 12.8 Å². The van der Waals surface area contributed by atoms with Crippen LogP contribution in [0.25, 0.3) is 16.3 Å². The van der Waals surface area contributed by atoms with Crippen LogP contribution >= 0.6 is 0 Å². The molecule has 0 spiro atoms. The highest BCUT2D eigenvalue weighted by Crippen LogP contribution is 2.31. The van der Waals surface area contributed by atoms with Crippen LogP contribution in [0.1, 0.15) is 24.1 Å². The minimum absolute atomic E-state index is 0.0101. The molecule has 30 heavy (non-hydrogen) atoms. The van der Waals surface area contributed by atoms with Crippen LogP contribution in [0.15, 0.2) is 42.9 Å². The number of carbonyl (C=O) groups excluding carboxylic acids is 1. The number of aromatic nitrogens is 4. The third-order valence-electron chi connectivity index (χ3n) is 4.98. The van der Waals surface area contributed by atoms with E-state index in [9.17, 15) is 9.18 Å². The molecule has 0 aliphatic heterocycles. The quantitative estimate of drug-likeness (QED) is 0.516. The molecule has 1 aliphatic carbocycles. The predicted molar refractivity (Wildman–Crippen MR) is 112 cm³/mol. The van der Waals surface area contributed by atoms with E-state index in [2.05, 4.69) is 37.5 Å². The highest BCUT2D eigenvalue weighted by atomic mass is 19.1. The number of carbonyl (C=O) groups is 1. The summed E-state index contributed by atoms with van der Waals surface area (Å²) in [6, 6.07) is 6.37. The van der Waals surface area contributed by atoms with E-state index in [-0.39, 0.29) is 17.6 Å². The van der Waals surface area contributed by atoms with E-state index in [0.717, 1.165) is 23.6 Å². The molecule has 7 nitrogen and oxygen atoms in total. The summed E-state index contributed by atoms with van der Waals surface area (Å²) in [5.41, 5.74) is 1.47. The summed E-state index contributed by atoms with van der Waals surface area (Å²) >= 11 is 0. The van der Waals surface area contributed by atoms with Crippen molar-refractivity contribution in [2.75, 3.05) is 17.7 Å². The number of rotatable bonds is 3. The van der Waals surface area contributed by atoms with Gasteiger partial charge < -0.3 is 10.6 Å². The number of fused-ring (bicyclic) bond motifs is 2. The minimum Gasteiger partial charge on any atom is -0.373 e. The van der Waals surface area contributed by atoms with Gasteiger partial charge in [0.2, 0.25) is 5.91 Å². The van der Waals surface area contributed by atoms with Gasteiger partial charge in [0, 0.05) is 48.4 Å². The lowest BCUT2D eigenvalue weighted by Gasteiger charge is -2.09. The van der Waals surface area contributed by atoms with E-state index < -0.39 is 0 Å². The molecule has 0 unspecified atom stereocenters. The van der Waals surface area contributed by atoms with Crippen LogP contribution in [-0.4, -0.2) is 32.5 Å². The normalized spacial score (nSPS) is 13.1. The Morgan fingerprint density at radius 3 is 2.83 bits per heavy atom. The Kier molecular flexibility index (Phi) is 4.29. The van der Waals surface area contributed by atoms with Gasteiger partial charge in [-0.25, -0.2) is 18.9 Å². The highest BCUT2D eigenvalue weighted by molar-refractivity contribution is 5.99. The summed E-state index contributed by atoms with van der Waals surface area (Å²) in [4.78, 5) is 20.8. The van der Waals surface area contributed by atoms with Gasteiger partial charge in [-0.15, -0.1) is 0 Å². The molecule has 2 N–H and O–H groups in total. The lowest BCUT2D eigenvalue weighted by atomic mass is 10.1. The smallest absolute Gasteiger partial charge is 0.228 e. The van der Waals surface area contributed by atoms with Crippen LogP contribution in [-0.2, 0) is 4.79 Å². The maximum absolute atomic E-state index is 13.9. The molecule has 0 aromatic carbocycles. The predicted octanol–water partition coefficient (Wildman–Crippen LogP) is 3.21. The third kappa shape index (κ3) is 3.31. The van der Waals surface area contributed by atoms with Crippen molar-refractivity contribution < 1.29 is 9.18 Å². The van der Waals surface area contributed by atoms with Crippen LogP contribution in [0, 0.1) is 23.6 Å². The summed E-state index contributed by atoms with van der Waals surface area (Å²) in [6.45, 7) is 0. The lowest BCUT2D eigenvalue weighted by molar-refractivity contribution is -0.117. The maximum atomic E-state index is 13.9. The third-order valence-corrected chi connectivity index (χ3v) is 4.98. The summed E-state index contributed by atoms with van der Waals surface area (Å²) in [7, 11) is 1.78. The molecule has 0 radical (unpaired) electrons.